The van der Waals surface area contributed by atoms with Crippen LogP contribution in [0.5, 0.6) is 5.75 Å². The number of sulfonamides is 1. The van der Waals surface area contributed by atoms with E-state index in [9.17, 15) is 18.3 Å². The van der Waals surface area contributed by atoms with Gasteiger partial charge >= 0.3 is 0 Å². The van der Waals surface area contributed by atoms with E-state index in [-0.39, 0.29) is 47.4 Å². The van der Waals surface area contributed by atoms with Gasteiger partial charge in [-0.3, -0.25) is 10.2 Å². The number of Topliss-reactive ketones (excluding diaryl/α,β-unsaturated/α-hetero) is 1. The fourth-order valence-electron chi connectivity index (χ4n) is 3.24. The molecule has 0 aliphatic carbocycles. The van der Waals surface area contributed by atoms with Gasteiger partial charge in [0.15, 0.2) is 5.78 Å². The van der Waals surface area contributed by atoms with Crippen LogP contribution in [-0.2, 0) is 23.1 Å². The van der Waals surface area contributed by atoms with Crippen molar-refractivity contribution < 1.29 is 18.3 Å². The monoisotopic (exact) mass is 496 g/mol. The minimum Gasteiger partial charge on any atom is -0.507 e. The lowest BCUT2D eigenvalue weighted by Crippen LogP contribution is -2.30. The topological polar surface area (TPSA) is 115 Å². The summed E-state index contributed by atoms with van der Waals surface area (Å²) in [6.45, 7) is 3.92. The molecule has 0 fully saturated rings. The van der Waals surface area contributed by atoms with Crippen molar-refractivity contribution in [3.05, 3.63) is 57.9 Å². The van der Waals surface area contributed by atoms with Crippen LogP contribution in [0.2, 0.25) is 0 Å². The summed E-state index contributed by atoms with van der Waals surface area (Å²) in [7, 11) is -2.02. The minimum absolute atomic E-state index is 0. The second-order valence-electron chi connectivity index (χ2n) is 7.41. The number of hydrogen-bond donors (Lipinski definition) is 2. The van der Waals surface area contributed by atoms with Gasteiger partial charge in [0.05, 0.1) is 12.8 Å². The van der Waals surface area contributed by atoms with E-state index in [1.165, 1.54) is 13.1 Å². The molecular weight excluding hydrogens is 472 g/mol. The number of halogens is 1. The Morgan fingerprint density at radius 1 is 1.30 bits per heavy atom. The molecule has 8 nitrogen and oxygen atoms in total. The molecule has 0 unspecified atom stereocenters. The van der Waals surface area contributed by atoms with E-state index in [0.29, 0.717) is 28.9 Å². The lowest BCUT2D eigenvalue weighted by Gasteiger charge is -2.19. The van der Waals surface area contributed by atoms with Gasteiger partial charge in [0.2, 0.25) is 10.0 Å². The van der Waals surface area contributed by atoms with Crippen molar-refractivity contribution in [3.8, 4) is 5.75 Å². The van der Waals surface area contributed by atoms with E-state index in [0.717, 1.165) is 21.8 Å². The fourth-order valence-corrected chi connectivity index (χ4v) is 3.62. The number of aryl methyl sites for hydroxylation is 2. The van der Waals surface area contributed by atoms with Crippen LogP contribution >= 0.6 is 17.0 Å². The third kappa shape index (κ3) is 4.88. The van der Waals surface area contributed by atoms with Crippen LogP contribution in [0.1, 0.15) is 38.4 Å². The summed E-state index contributed by atoms with van der Waals surface area (Å²) in [4.78, 5) is 18.9. The molecule has 0 bridgehead atoms. The lowest BCUT2D eigenvalue weighted by molar-refractivity contribution is 0.0962. The van der Waals surface area contributed by atoms with E-state index >= 15 is 0 Å². The maximum atomic E-state index is 12.9. The average molecular weight is 497 g/mol. The Morgan fingerprint density at radius 2 is 1.97 bits per heavy atom. The molecule has 1 aliphatic heterocycles. The Morgan fingerprint density at radius 3 is 2.60 bits per heavy atom. The number of phenols is 1. The zero-order valence-electron chi connectivity index (χ0n) is 17.3. The Bertz CT molecular complexity index is 1120. The predicted octanol–water partition coefficient (Wildman–Crippen LogP) is 2.40. The molecule has 0 spiro atoms. The van der Waals surface area contributed by atoms with E-state index in [1.807, 2.05) is 19.1 Å². The summed E-state index contributed by atoms with van der Waals surface area (Å²) in [5.41, 5.74) is 3.53. The van der Waals surface area contributed by atoms with Gasteiger partial charge in [-0.2, -0.15) is 0 Å². The number of hydrogen-bond acceptors (Lipinski definition) is 6. The zero-order chi connectivity index (χ0) is 21.5. The number of benzene rings is 1. The first-order valence-corrected chi connectivity index (χ1v) is 10.9. The van der Waals surface area contributed by atoms with E-state index in [1.54, 1.807) is 17.9 Å². The van der Waals surface area contributed by atoms with Crippen LogP contribution in [0, 0.1) is 19.3 Å². The summed E-state index contributed by atoms with van der Waals surface area (Å²) in [6, 6.07) is 6.89. The summed E-state index contributed by atoms with van der Waals surface area (Å²) >= 11 is 0. The SMILES string of the molecule is Br.Cc1ccc2c(n1)C(=N)N(CC(=O)c1cc(C)c(O)c(CN(C)S(C)(=O)=O)c1)C2. The molecule has 1 aromatic heterocycles. The first kappa shape index (κ1) is 24.0. The largest absolute Gasteiger partial charge is 0.507 e. The van der Waals surface area contributed by atoms with Crippen LogP contribution in [0.25, 0.3) is 0 Å². The molecule has 0 radical (unpaired) electrons. The summed E-state index contributed by atoms with van der Waals surface area (Å²) < 4.78 is 24.5. The van der Waals surface area contributed by atoms with Gasteiger partial charge in [0, 0.05) is 42.5 Å². The number of rotatable bonds is 6. The molecule has 3 rings (SSSR count). The van der Waals surface area contributed by atoms with Crippen LogP contribution in [0.3, 0.4) is 0 Å². The summed E-state index contributed by atoms with van der Waals surface area (Å²) in [5, 5.41) is 18.6. The maximum Gasteiger partial charge on any atom is 0.211 e. The molecule has 30 heavy (non-hydrogen) atoms. The third-order valence-corrected chi connectivity index (χ3v) is 6.28. The highest BCUT2D eigenvalue weighted by Crippen LogP contribution is 2.27. The van der Waals surface area contributed by atoms with E-state index in [4.69, 9.17) is 5.41 Å². The molecule has 10 heteroatoms. The van der Waals surface area contributed by atoms with Gasteiger partial charge in [-0.05, 0) is 37.6 Å². The predicted molar refractivity (Wildman–Crippen MR) is 120 cm³/mol. The standard InChI is InChI=1S/C20H24N4O4S.BrH/c1-12-7-15(8-16(19(12)26)9-23(3)29(4,27)28)17(25)11-24-10-14-6-5-13(2)22-18(14)20(24)21;/h5-8,21,26H,9-11H2,1-4H3;1H. The Balaban J connectivity index is 0.00000320. The molecule has 1 aromatic carbocycles. The van der Waals surface area contributed by atoms with E-state index in [2.05, 4.69) is 4.98 Å². The average Bonchev–Trinajstić information content (AvgIpc) is 2.93. The molecule has 0 saturated heterocycles. The summed E-state index contributed by atoms with van der Waals surface area (Å²) in [6.07, 6.45) is 1.08. The van der Waals surface area contributed by atoms with Gasteiger partial charge in [-0.1, -0.05) is 6.07 Å². The van der Waals surface area contributed by atoms with Crippen molar-refractivity contribution in [2.24, 2.45) is 0 Å². The quantitative estimate of drug-likeness (QED) is 0.593. The van der Waals surface area contributed by atoms with Crippen molar-refractivity contribution in [2.45, 2.75) is 26.9 Å². The Kier molecular flexibility index (Phi) is 7.05. The number of carbonyl (C=O) groups is 1. The van der Waals surface area contributed by atoms with Crippen molar-refractivity contribution >= 4 is 38.6 Å². The molecule has 2 N–H and O–H groups in total. The van der Waals surface area contributed by atoms with Crippen molar-refractivity contribution in [3.63, 3.8) is 0 Å². The Hall–Kier alpha value is -2.30. The first-order chi connectivity index (χ1) is 13.5. The van der Waals surface area contributed by atoms with Gasteiger partial charge in [-0.15, -0.1) is 17.0 Å². The second-order valence-corrected chi connectivity index (χ2v) is 9.50. The summed E-state index contributed by atoms with van der Waals surface area (Å²) in [5.74, 6) is -0.0340. The van der Waals surface area contributed by atoms with Gasteiger partial charge in [0.25, 0.3) is 0 Å². The molecule has 162 valence electrons. The maximum absolute atomic E-state index is 12.9. The molecule has 0 amide bonds. The van der Waals surface area contributed by atoms with Gasteiger partial charge in [-0.25, -0.2) is 17.7 Å². The lowest BCUT2D eigenvalue weighted by atomic mass is 10.0. The van der Waals surface area contributed by atoms with Gasteiger partial charge < -0.3 is 10.0 Å². The number of aromatic nitrogens is 1. The highest BCUT2D eigenvalue weighted by molar-refractivity contribution is 8.93. The fraction of sp³-hybridized carbons (Fsp3) is 0.350. The number of fused-ring (bicyclic) bond motifs is 1. The number of ketones is 1. The highest BCUT2D eigenvalue weighted by atomic mass is 79.9. The third-order valence-electron chi connectivity index (χ3n) is 5.01. The van der Waals surface area contributed by atoms with Crippen molar-refractivity contribution in [1.29, 1.82) is 5.41 Å². The Labute approximate surface area is 186 Å². The van der Waals surface area contributed by atoms with Crippen LogP contribution in [-0.4, -0.2) is 59.2 Å². The number of aromatic hydroxyl groups is 1. The van der Waals surface area contributed by atoms with Crippen molar-refractivity contribution in [2.75, 3.05) is 19.8 Å². The smallest absolute Gasteiger partial charge is 0.211 e. The second kappa shape index (κ2) is 8.83. The highest BCUT2D eigenvalue weighted by Gasteiger charge is 2.28. The number of nitrogens with one attached hydrogen (secondary N) is 1. The van der Waals surface area contributed by atoms with Crippen molar-refractivity contribution in [1.82, 2.24) is 14.2 Å². The van der Waals surface area contributed by atoms with Gasteiger partial charge in [0.1, 0.15) is 17.3 Å². The van der Waals surface area contributed by atoms with Crippen LogP contribution in [0.15, 0.2) is 24.3 Å². The number of pyridine rings is 1. The number of carbonyl (C=O) groups excluding carboxylic acids is 1. The van der Waals surface area contributed by atoms with E-state index < -0.39 is 10.0 Å². The molecule has 0 atom stereocenters. The molecule has 1 aliphatic rings. The van der Waals surface area contributed by atoms with Crippen LogP contribution < -0.4 is 0 Å². The zero-order valence-corrected chi connectivity index (χ0v) is 19.8. The number of phenolic OH excluding ortho intramolecular Hbond substituents is 1. The number of amidine groups is 1. The number of nitrogens with zero attached hydrogens (tertiary/aromatic N) is 3. The molecule has 0 saturated carbocycles. The minimum atomic E-state index is -3.43. The normalized spacial score (nSPS) is 13.4. The van der Waals surface area contributed by atoms with Crippen LogP contribution in [0.4, 0.5) is 0 Å². The first-order valence-electron chi connectivity index (χ1n) is 9.04. The molecular formula is C20H25BrN4O4S. The molecule has 2 heterocycles. The molecule has 2 aromatic rings.